The van der Waals surface area contributed by atoms with E-state index in [-0.39, 0.29) is 0 Å². The number of Topliss-reactive ketones (excluding diaryl/α,β-unsaturated/α-hetero) is 1. The first-order valence-electron chi connectivity index (χ1n) is 4.34. The molecule has 12 heavy (non-hydrogen) atoms. The van der Waals surface area contributed by atoms with Crippen molar-refractivity contribution in [3.8, 4) is 0 Å². The van der Waals surface area contributed by atoms with E-state index in [1.165, 1.54) is 0 Å². The average molecular weight is 164 g/mol. The van der Waals surface area contributed by atoms with E-state index in [0.717, 1.165) is 24.4 Å². The number of aryl methyl sites for hydroxylation is 1. The van der Waals surface area contributed by atoms with Crippen LogP contribution in [0.25, 0.3) is 0 Å². The molecule has 0 N–H and O–H groups in total. The van der Waals surface area contributed by atoms with E-state index < -0.39 is 0 Å². The molecule has 1 aliphatic carbocycles. The van der Waals surface area contributed by atoms with Crippen molar-refractivity contribution in [2.24, 2.45) is 0 Å². The number of rotatable bonds is 1. The highest BCUT2D eigenvalue weighted by Gasteiger charge is 2.25. The molecule has 0 spiro atoms. The van der Waals surface area contributed by atoms with Crippen LogP contribution in [0.5, 0.6) is 0 Å². The molecule has 2 nitrogen and oxygen atoms in total. The van der Waals surface area contributed by atoms with Crippen molar-refractivity contribution in [2.75, 3.05) is 0 Å². The minimum atomic E-state index is 0.353. The van der Waals surface area contributed by atoms with Crippen LogP contribution in [0.3, 0.4) is 0 Å². The Bertz CT molecular complexity index is 299. The fourth-order valence-corrected chi connectivity index (χ4v) is 1.73. The summed E-state index contributed by atoms with van der Waals surface area (Å²) in [4.78, 5) is 11.0. The third kappa shape index (κ3) is 1.29. The largest absolute Gasteiger partial charge is 0.466 e. The van der Waals surface area contributed by atoms with Crippen LogP contribution in [-0.2, 0) is 4.79 Å². The lowest BCUT2D eigenvalue weighted by atomic mass is 10.1. The van der Waals surface area contributed by atoms with Gasteiger partial charge in [0.1, 0.15) is 17.3 Å². The topological polar surface area (TPSA) is 30.2 Å². The Balaban J connectivity index is 2.15. The van der Waals surface area contributed by atoms with Crippen LogP contribution < -0.4 is 0 Å². The van der Waals surface area contributed by atoms with Crippen molar-refractivity contribution in [3.63, 3.8) is 0 Å². The van der Waals surface area contributed by atoms with Gasteiger partial charge in [-0.05, 0) is 25.5 Å². The summed E-state index contributed by atoms with van der Waals surface area (Å²) in [6.45, 7) is 1.93. The van der Waals surface area contributed by atoms with Crippen LogP contribution in [0.1, 0.15) is 36.7 Å². The van der Waals surface area contributed by atoms with Crippen LogP contribution in [0.15, 0.2) is 16.5 Å². The predicted molar refractivity (Wildman–Crippen MR) is 45.0 cm³/mol. The van der Waals surface area contributed by atoms with E-state index in [1.54, 1.807) is 0 Å². The first-order valence-corrected chi connectivity index (χ1v) is 4.34. The van der Waals surface area contributed by atoms with Gasteiger partial charge in [-0.3, -0.25) is 4.79 Å². The lowest BCUT2D eigenvalue weighted by Gasteiger charge is -2.01. The number of carbonyl (C=O) groups is 1. The van der Waals surface area contributed by atoms with Gasteiger partial charge in [0.15, 0.2) is 0 Å². The molecular weight excluding hydrogens is 152 g/mol. The van der Waals surface area contributed by atoms with Gasteiger partial charge < -0.3 is 4.42 Å². The minimum absolute atomic E-state index is 0.353. The summed E-state index contributed by atoms with van der Waals surface area (Å²) < 4.78 is 5.46. The Labute approximate surface area is 71.6 Å². The smallest absolute Gasteiger partial charge is 0.133 e. The molecule has 1 aliphatic rings. The number of furan rings is 1. The predicted octanol–water partition coefficient (Wildman–Crippen LogP) is 2.42. The highest BCUT2D eigenvalue weighted by atomic mass is 16.3. The summed E-state index contributed by atoms with van der Waals surface area (Å²) in [7, 11) is 0. The molecule has 1 saturated carbocycles. The molecule has 1 fully saturated rings. The Morgan fingerprint density at radius 1 is 1.50 bits per heavy atom. The third-order valence-corrected chi connectivity index (χ3v) is 2.41. The Kier molecular flexibility index (Phi) is 1.75. The summed E-state index contributed by atoms with van der Waals surface area (Å²) in [6.07, 6.45) is 2.36. The second-order valence-electron chi connectivity index (χ2n) is 3.43. The van der Waals surface area contributed by atoms with Gasteiger partial charge in [-0.2, -0.15) is 0 Å². The molecule has 2 rings (SSSR count). The molecular formula is C10H12O2. The molecule has 0 amide bonds. The molecule has 0 bridgehead atoms. The van der Waals surface area contributed by atoms with Gasteiger partial charge in [-0.25, -0.2) is 0 Å². The summed E-state index contributed by atoms with van der Waals surface area (Å²) in [5, 5.41) is 0. The highest BCUT2D eigenvalue weighted by molar-refractivity contribution is 5.81. The maximum Gasteiger partial charge on any atom is 0.133 e. The zero-order chi connectivity index (χ0) is 8.55. The van der Waals surface area contributed by atoms with Crippen molar-refractivity contribution >= 4 is 5.78 Å². The monoisotopic (exact) mass is 164 g/mol. The summed E-state index contributed by atoms with van der Waals surface area (Å²) in [6, 6.07) is 3.94. The molecule has 1 aromatic heterocycles. The van der Waals surface area contributed by atoms with Crippen molar-refractivity contribution < 1.29 is 9.21 Å². The zero-order valence-electron chi connectivity index (χ0n) is 7.17. The molecule has 1 unspecified atom stereocenters. The van der Waals surface area contributed by atoms with E-state index in [0.29, 0.717) is 18.1 Å². The van der Waals surface area contributed by atoms with Crippen LogP contribution >= 0.6 is 0 Å². The zero-order valence-corrected chi connectivity index (χ0v) is 7.17. The maximum absolute atomic E-state index is 11.0. The Morgan fingerprint density at radius 2 is 2.33 bits per heavy atom. The molecule has 1 heterocycles. The van der Waals surface area contributed by atoms with E-state index >= 15 is 0 Å². The van der Waals surface area contributed by atoms with Crippen molar-refractivity contribution in [1.82, 2.24) is 0 Å². The summed E-state index contributed by atoms with van der Waals surface area (Å²) in [5.41, 5.74) is 0. The first kappa shape index (κ1) is 7.59. The first-order chi connectivity index (χ1) is 5.75. The fraction of sp³-hybridized carbons (Fsp3) is 0.500. The molecule has 0 aromatic carbocycles. The van der Waals surface area contributed by atoms with Gasteiger partial charge in [0.05, 0.1) is 0 Å². The number of hydrogen-bond acceptors (Lipinski definition) is 2. The summed E-state index contributed by atoms with van der Waals surface area (Å²) >= 11 is 0. The van der Waals surface area contributed by atoms with Crippen LogP contribution in [0.4, 0.5) is 0 Å². The van der Waals surface area contributed by atoms with Gasteiger partial charge in [-0.15, -0.1) is 0 Å². The van der Waals surface area contributed by atoms with E-state index in [2.05, 4.69) is 0 Å². The van der Waals surface area contributed by atoms with E-state index in [4.69, 9.17) is 4.42 Å². The maximum atomic E-state index is 11.0. The molecule has 2 heteroatoms. The van der Waals surface area contributed by atoms with Gasteiger partial charge in [-0.1, -0.05) is 0 Å². The quantitative estimate of drug-likeness (QED) is 0.638. The Hall–Kier alpha value is -1.05. The third-order valence-electron chi connectivity index (χ3n) is 2.41. The number of hydrogen-bond donors (Lipinski definition) is 0. The number of ketones is 1. The SMILES string of the molecule is Cc1ccc(C2CCC(=O)C2)o1. The molecule has 0 radical (unpaired) electrons. The average Bonchev–Trinajstić information content (AvgIpc) is 2.58. The summed E-state index contributed by atoms with van der Waals surface area (Å²) in [5.74, 6) is 2.64. The molecule has 1 aromatic rings. The second-order valence-corrected chi connectivity index (χ2v) is 3.43. The minimum Gasteiger partial charge on any atom is -0.466 e. The molecule has 0 aliphatic heterocycles. The standard InChI is InChI=1S/C10H12O2/c1-7-2-5-10(12-7)8-3-4-9(11)6-8/h2,5,8H,3-4,6H2,1H3. The van der Waals surface area contributed by atoms with Crippen molar-refractivity contribution in [2.45, 2.75) is 32.1 Å². The van der Waals surface area contributed by atoms with Crippen molar-refractivity contribution in [1.29, 1.82) is 0 Å². The van der Waals surface area contributed by atoms with Gasteiger partial charge >= 0.3 is 0 Å². The van der Waals surface area contributed by atoms with E-state index in [1.807, 2.05) is 19.1 Å². The molecule has 0 saturated heterocycles. The normalized spacial score (nSPS) is 23.4. The molecule has 64 valence electrons. The Morgan fingerprint density at radius 3 is 2.83 bits per heavy atom. The second kappa shape index (κ2) is 2.77. The molecule has 1 atom stereocenters. The lowest BCUT2D eigenvalue weighted by Crippen LogP contribution is -1.91. The van der Waals surface area contributed by atoms with Crippen LogP contribution in [0, 0.1) is 6.92 Å². The highest BCUT2D eigenvalue weighted by Crippen LogP contribution is 2.32. The number of carbonyl (C=O) groups excluding carboxylic acids is 1. The van der Waals surface area contributed by atoms with Crippen molar-refractivity contribution in [3.05, 3.63) is 23.7 Å². The van der Waals surface area contributed by atoms with Crippen LogP contribution in [-0.4, -0.2) is 5.78 Å². The van der Waals surface area contributed by atoms with E-state index in [9.17, 15) is 4.79 Å². The van der Waals surface area contributed by atoms with Gasteiger partial charge in [0.25, 0.3) is 0 Å². The van der Waals surface area contributed by atoms with Crippen LogP contribution in [0.2, 0.25) is 0 Å². The lowest BCUT2D eigenvalue weighted by molar-refractivity contribution is -0.117. The van der Waals surface area contributed by atoms with Gasteiger partial charge in [0, 0.05) is 18.8 Å². The fourth-order valence-electron chi connectivity index (χ4n) is 1.73. The van der Waals surface area contributed by atoms with Gasteiger partial charge in [0.2, 0.25) is 0 Å².